The van der Waals surface area contributed by atoms with E-state index in [1.807, 2.05) is 0 Å². The Morgan fingerprint density at radius 1 is 1.11 bits per heavy atom. The minimum absolute atomic E-state index is 0.110. The molecule has 0 bridgehead atoms. The molecule has 0 aromatic heterocycles. The Morgan fingerprint density at radius 3 is 2.53 bits per heavy atom. The molecule has 1 N–H and O–H groups in total. The van der Waals surface area contributed by atoms with E-state index in [0.29, 0.717) is 19.8 Å². The number of hydrogen-bond acceptors (Lipinski definition) is 2. The van der Waals surface area contributed by atoms with Gasteiger partial charge < -0.3 is 5.11 Å². The smallest absolute Gasteiger partial charge is 0.336 e. The summed E-state index contributed by atoms with van der Waals surface area (Å²) in [4.78, 5) is 12.1. The third-order valence-corrected chi connectivity index (χ3v) is 4.10. The zero-order valence-electron chi connectivity index (χ0n) is 9.36. The average molecular weight is 317 g/mol. The van der Waals surface area contributed by atoms with Crippen LogP contribution in [-0.2, 0) is 0 Å². The average Bonchev–Trinajstić information content (AvgIpc) is 2.35. The third-order valence-electron chi connectivity index (χ3n) is 2.29. The first kappa shape index (κ1) is 14.2. The molecule has 2 rings (SSSR count). The molecule has 0 heterocycles. The van der Waals surface area contributed by atoms with Gasteiger partial charge in [0.1, 0.15) is 5.82 Å². The molecule has 2 aromatic carbocycles. The highest BCUT2D eigenvalue weighted by molar-refractivity contribution is 7.99. The first-order valence-corrected chi connectivity index (χ1v) is 6.70. The summed E-state index contributed by atoms with van der Waals surface area (Å²) >= 11 is 13.0. The molecule has 6 heteroatoms. The quantitative estimate of drug-likeness (QED) is 0.867. The van der Waals surface area contributed by atoms with Crippen LogP contribution in [0.4, 0.5) is 4.39 Å². The monoisotopic (exact) mass is 316 g/mol. The van der Waals surface area contributed by atoms with Crippen LogP contribution in [0.15, 0.2) is 46.2 Å². The van der Waals surface area contributed by atoms with E-state index < -0.39 is 11.8 Å². The van der Waals surface area contributed by atoms with E-state index in [1.54, 1.807) is 18.2 Å². The molecule has 0 unspecified atom stereocenters. The largest absolute Gasteiger partial charge is 0.478 e. The van der Waals surface area contributed by atoms with Crippen LogP contribution in [0.1, 0.15) is 10.4 Å². The maximum Gasteiger partial charge on any atom is 0.336 e. The molecule has 0 fully saturated rings. The van der Waals surface area contributed by atoms with E-state index in [2.05, 4.69) is 0 Å². The van der Waals surface area contributed by atoms with Crippen LogP contribution >= 0.6 is 35.0 Å². The van der Waals surface area contributed by atoms with Crippen molar-refractivity contribution in [3.8, 4) is 0 Å². The van der Waals surface area contributed by atoms with Gasteiger partial charge in [0.05, 0.1) is 10.6 Å². The summed E-state index contributed by atoms with van der Waals surface area (Å²) in [6.45, 7) is 0. The second-order valence-corrected chi connectivity index (χ2v) is 5.55. The number of halogens is 3. The number of carbonyl (C=O) groups is 1. The topological polar surface area (TPSA) is 37.3 Å². The number of aromatic carboxylic acids is 1. The van der Waals surface area contributed by atoms with Crippen LogP contribution in [0, 0.1) is 5.82 Å². The molecule has 0 aliphatic rings. The van der Waals surface area contributed by atoms with Gasteiger partial charge in [-0.1, -0.05) is 35.0 Å². The molecule has 0 spiro atoms. The molecular formula is C13H7Cl2FO2S. The number of carboxylic acids is 1. The van der Waals surface area contributed by atoms with E-state index in [4.69, 9.17) is 28.3 Å². The van der Waals surface area contributed by atoms with Crippen molar-refractivity contribution in [2.45, 2.75) is 9.79 Å². The highest BCUT2D eigenvalue weighted by atomic mass is 35.5. The fourth-order valence-electron chi connectivity index (χ4n) is 1.43. The van der Waals surface area contributed by atoms with Crippen molar-refractivity contribution >= 4 is 40.9 Å². The van der Waals surface area contributed by atoms with Gasteiger partial charge in [-0.25, -0.2) is 9.18 Å². The number of benzene rings is 2. The lowest BCUT2D eigenvalue weighted by atomic mass is 10.2. The Kier molecular flexibility index (Phi) is 4.34. The minimum Gasteiger partial charge on any atom is -0.478 e. The molecule has 19 heavy (non-hydrogen) atoms. The number of carboxylic acid groups (broad SMARTS) is 1. The molecule has 2 aromatic rings. The Balaban J connectivity index is 2.43. The summed E-state index contributed by atoms with van der Waals surface area (Å²) < 4.78 is 13.1. The van der Waals surface area contributed by atoms with Crippen molar-refractivity contribution in [2.75, 3.05) is 0 Å². The Bertz CT molecular complexity index is 647. The third kappa shape index (κ3) is 3.41. The first-order chi connectivity index (χ1) is 8.97. The standard InChI is InChI=1S/C13H7Cl2FO2S/c14-7-1-3-10(15)12(5-7)19-11-4-2-8(16)6-9(11)13(17)18/h1-6H,(H,17,18). The van der Waals surface area contributed by atoms with Crippen molar-refractivity contribution in [3.63, 3.8) is 0 Å². The second-order valence-electron chi connectivity index (χ2n) is 3.62. The van der Waals surface area contributed by atoms with Crippen molar-refractivity contribution in [2.24, 2.45) is 0 Å². The van der Waals surface area contributed by atoms with E-state index in [9.17, 15) is 9.18 Å². The lowest BCUT2D eigenvalue weighted by Gasteiger charge is -2.08. The van der Waals surface area contributed by atoms with Gasteiger partial charge in [0.2, 0.25) is 0 Å². The van der Waals surface area contributed by atoms with Crippen LogP contribution in [-0.4, -0.2) is 11.1 Å². The molecule has 0 saturated carbocycles. The molecule has 0 amide bonds. The van der Waals surface area contributed by atoms with Crippen LogP contribution in [0.5, 0.6) is 0 Å². The predicted molar refractivity (Wildman–Crippen MR) is 73.9 cm³/mol. The van der Waals surface area contributed by atoms with Gasteiger partial charge in [-0.2, -0.15) is 0 Å². The number of rotatable bonds is 3. The zero-order valence-corrected chi connectivity index (χ0v) is 11.7. The van der Waals surface area contributed by atoms with Crippen molar-refractivity contribution in [1.29, 1.82) is 0 Å². The molecule has 0 aliphatic carbocycles. The molecule has 98 valence electrons. The lowest BCUT2D eigenvalue weighted by Crippen LogP contribution is -1.99. The molecular weight excluding hydrogens is 310 g/mol. The van der Waals surface area contributed by atoms with Gasteiger partial charge >= 0.3 is 5.97 Å². The summed E-state index contributed by atoms with van der Waals surface area (Å²) in [5, 5.41) is 10.00. The fraction of sp³-hybridized carbons (Fsp3) is 0. The van der Waals surface area contributed by atoms with Gasteiger partial charge in [-0.3, -0.25) is 0 Å². The van der Waals surface area contributed by atoms with E-state index in [-0.39, 0.29) is 5.56 Å². The van der Waals surface area contributed by atoms with Gasteiger partial charge in [0.15, 0.2) is 0 Å². The highest BCUT2D eigenvalue weighted by Gasteiger charge is 2.14. The molecule has 0 saturated heterocycles. The molecule has 0 atom stereocenters. The van der Waals surface area contributed by atoms with E-state index in [0.717, 1.165) is 17.8 Å². The highest BCUT2D eigenvalue weighted by Crippen LogP contribution is 2.36. The summed E-state index contributed by atoms with van der Waals surface area (Å²) in [5.41, 5.74) is -0.110. The SMILES string of the molecule is O=C(O)c1cc(F)ccc1Sc1cc(Cl)ccc1Cl. The minimum atomic E-state index is -1.19. The van der Waals surface area contributed by atoms with Gasteiger partial charge in [0, 0.05) is 14.8 Å². The van der Waals surface area contributed by atoms with E-state index in [1.165, 1.54) is 12.1 Å². The van der Waals surface area contributed by atoms with Gasteiger partial charge in [-0.05, 0) is 36.4 Å². The van der Waals surface area contributed by atoms with Crippen molar-refractivity contribution < 1.29 is 14.3 Å². The van der Waals surface area contributed by atoms with Crippen molar-refractivity contribution in [1.82, 2.24) is 0 Å². The van der Waals surface area contributed by atoms with Crippen LogP contribution < -0.4 is 0 Å². The normalized spacial score (nSPS) is 10.5. The Hall–Kier alpha value is -1.23. The molecule has 0 radical (unpaired) electrons. The summed E-state index contributed by atoms with van der Waals surface area (Å²) in [7, 11) is 0. The van der Waals surface area contributed by atoms with Crippen LogP contribution in [0.2, 0.25) is 10.0 Å². The second kappa shape index (κ2) is 5.82. The van der Waals surface area contributed by atoms with Gasteiger partial charge in [-0.15, -0.1) is 0 Å². The summed E-state index contributed by atoms with van der Waals surface area (Å²) in [5.74, 6) is -1.79. The summed E-state index contributed by atoms with van der Waals surface area (Å²) in [6.07, 6.45) is 0. The number of hydrogen-bond donors (Lipinski definition) is 1. The first-order valence-electron chi connectivity index (χ1n) is 5.13. The van der Waals surface area contributed by atoms with Crippen LogP contribution in [0.3, 0.4) is 0 Å². The maximum atomic E-state index is 13.1. The maximum absolute atomic E-state index is 13.1. The predicted octanol–water partition coefficient (Wildman–Crippen LogP) is 4.98. The Labute approximate surface area is 123 Å². The van der Waals surface area contributed by atoms with E-state index >= 15 is 0 Å². The van der Waals surface area contributed by atoms with Gasteiger partial charge in [0.25, 0.3) is 0 Å². The Morgan fingerprint density at radius 2 is 1.84 bits per heavy atom. The lowest BCUT2D eigenvalue weighted by molar-refractivity contribution is 0.0692. The van der Waals surface area contributed by atoms with Crippen molar-refractivity contribution in [3.05, 3.63) is 57.8 Å². The van der Waals surface area contributed by atoms with Crippen LogP contribution in [0.25, 0.3) is 0 Å². The summed E-state index contributed by atoms with van der Waals surface area (Å²) in [6, 6.07) is 8.47. The zero-order chi connectivity index (χ0) is 14.0. The fourth-order valence-corrected chi connectivity index (χ4v) is 2.88. The molecule has 0 aliphatic heterocycles. The molecule has 2 nitrogen and oxygen atoms in total.